The van der Waals surface area contributed by atoms with E-state index >= 15 is 0 Å². The third-order valence-corrected chi connectivity index (χ3v) is 4.15. The third-order valence-electron chi connectivity index (χ3n) is 2.58. The first-order valence-corrected chi connectivity index (χ1v) is 6.48. The van der Waals surface area contributed by atoms with Crippen LogP contribution in [0.15, 0.2) is 34.2 Å². The molecule has 0 N–H and O–H groups in total. The minimum atomic E-state index is 0.923. The monoisotopic (exact) mass is 280 g/mol. The molecular weight excluding hydrogens is 272 g/mol. The van der Waals surface area contributed by atoms with Gasteiger partial charge in [0.05, 0.1) is 0 Å². The molecule has 15 heavy (non-hydrogen) atoms. The fourth-order valence-electron chi connectivity index (χ4n) is 1.91. The number of para-hydroxylation sites is 1. The summed E-state index contributed by atoms with van der Waals surface area (Å²) >= 11 is 5.07. The SMILES string of the molecule is Brc1csc(N2CCc3ccccc32)n1. The second kappa shape index (κ2) is 3.61. The lowest BCUT2D eigenvalue weighted by Gasteiger charge is -2.15. The van der Waals surface area contributed by atoms with Crippen molar-refractivity contribution in [2.24, 2.45) is 0 Å². The van der Waals surface area contributed by atoms with Crippen LogP contribution >= 0.6 is 27.3 Å². The highest BCUT2D eigenvalue weighted by Gasteiger charge is 2.21. The highest BCUT2D eigenvalue weighted by Crippen LogP contribution is 2.36. The van der Waals surface area contributed by atoms with Crippen molar-refractivity contribution in [3.63, 3.8) is 0 Å². The summed E-state index contributed by atoms with van der Waals surface area (Å²) in [6.07, 6.45) is 1.12. The first-order chi connectivity index (χ1) is 7.34. The van der Waals surface area contributed by atoms with E-state index in [0.29, 0.717) is 0 Å². The second-order valence-electron chi connectivity index (χ2n) is 3.48. The van der Waals surface area contributed by atoms with Gasteiger partial charge in [0.2, 0.25) is 0 Å². The predicted octanol–water partition coefficient (Wildman–Crippen LogP) is 3.60. The number of benzene rings is 1. The van der Waals surface area contributed by atoms with Crippen LogP contribution in [-0.2, 0) is 6.42 Å². The van der Waals surface area contributed by atoms with E-state index in [-0.39, 0.29) is 0 Å². The highest BCUT2D eigenvalue weighted by atomic mass is 79.9. The van der Waals surface area contributed by atoms with Crippen LogP contribution in [-0.4, -0.2) is 11.5 Å². The summed E-state index contributed by atoms with van der Waals surface area (Å²) < 4.78 is 0.923. The smallest absolute Gasteiger partial charge is 0.190 e. The van der Waals surface area contributed by atoms with Crippen molar-refractivity contribution in [1.29, 1.82) is 0 Å². The molecule has 2 aromatic rings. The molecule has 76 valence electrons. The van der Waals surface area contributed by atoms with Gasteiger partial charge in [0.1, 0.15) is 4.60 Å². The first kappa shape index (κ1) is 9.36. The zero-order valence-corrected chi connectivity index (χ0v) is 10.4. The summed E-state index contributed by atoms with van der Waals surface area (Å²) in [6.45, 7) is 1.04. The maximum absolute atomic E-state index is 4.45. The molecule has 1 aromatic carbocycles. The van der Waals surface area contributed by atoms with E-state index in [2.05, 4.69) is 50.1 Å². The van der Waals surface area contributed by atoms with Crippen LogP contribution in [0, 0.1) is 0 Å². The van der Waals surface area contributed by atoms with Crippen LogP contribution in [0.3, 0.4) is 0 Å². The van der Waals surface area contributed by atoms with Gasteiger partial charge in [-0.3, -0.25) is 0 Å². The van der Waals surface area contributed by atoms with E-state index in [4.69, 9.17) is 0 Å². The molecule has 1 aliphatic rings. The number of hydrogen-bond acceptors (Lipinski definition) is 3. The van der Waals surface area contributed by atoms with Crippen LogP contribution in [0.2, 0.25) is 0 Å². The minimum Gasteiger partial charge on any atom is -0.317 e. The third kappa shape index (κ3) is 1.58. The zero-order chi connectivity index (χ0) is 10.3. The molecule has 4 heteroatoms. The van der Waals surface area contributed by atoms with Crippen molar-refractivity contribution in [3.8, 4) is 0 Å². The van der Waals surface area contributed by atoms with Crippen LogP contribution in [0.4, 0.5) is 10.8 Å². The van der Waals surface area contributed by atoms with E-state index < -0.39 is 0 Å². The minimum absolute atomic E-state index is 0.923. The van der Waals surface area contributed by atoms with Gasteiger partial charge in [0.15, 0.2) is 5.13 Å². The summed E-state index contributed by atoms with van der Waals surface area (Å²) in [6, 6.07) is 8.54. The molecule has 0 atom stereocenters. The number of nitrogens with zero attached hydrogens (tertiary/aromatic N) is 2. The molecule has 0 spiro atoms. The maximum Gasteiger partial charge on any atom is 0.190 e. The van der Waals surface area contributed by atoms with Crippen molar-refractivity contribution < 1.29 is 0 Å². The van der Waals surface area contributed by atoms with Crippen molar-refractivity contribution in [2.75, 3.05) is 11.4 Å². The summed E-state index contributed by atoms with van der Waals surface area (Å²) in [4.78, 5) is 6.74. The Hall–Kier alpha value is -0.870. The van der Waals surface area contributed by atoms with Gasteiger partial charge in [0.25, 0.3) is 0 Å². The molecule has 2 heterocycles. The van der Waals surface area contributed by atoms with E-state index in [9.17, 15) is 0 Å². The summed E-state index contributed by atoms with van der Waals surface area (Å²) in [5.41, 5.74) is 2.73. The number of rotatable bonds is 1. The number of halogens is 1. The Morgan fingerprint density at radius 2 is 2.20 bits per heavy atom. The lowest BCUT2D eigenvalue weighted by atomic mass is 10.2. The van der Waals surface area contributed by atoms with E-state index in [1.807, 2.05) is 5.38 Å². The first-order valence-electron chi connectivity index (χ1n) is 4.81. The topological polar surface area (TPSA) is 16.1 Å². The van der Waals surface area contributed by atoms with Crippen LogP contribution in [0.5, 0.6) is 0 Å². The average molecular weight is 281 g/mol. The summed E-state index contributed by atoms with van der Waals surface area (Å²) in [5, 5.41) is 3.10. The average Bonchev–Trinajstić information content (AvgIpc) is 2.83. The molecule has 0 aliphatic carbocycles. The second-order valence-corrected chi connectivity index (χ2v) is 5.13. The summed E-state index contributed by atoms with van der Waals surface area (Å²) in [7, 11) is 0. The maximum atomic E-state index is 4.45. The Morgan fingerprint density at radius 1 is 1.33 bits per heavy atom. The van der Waals surface area contributed by atoms with Gasteiger partial charge in [-0.1, -0.05) is 18.2 Å². The van der Waals surface area contributed by atoms with Crippen LogP contribution in [0.1, 0.15) is 5.56 Å². The molecule has 0 fully saturated rings. The predicted molar refractivity (Wildman–Crippen MR) is 67.0 cm³/mol. The Kier molecular flexibility index (Phi) is 2.25. The number of aromatic nitrogens is 1. The van der Waals surface area contributed by atoms with Gasteiger partial charge in [-0.2, -0.15) is 0 Å². The lowest BCUT2D eigenvalue weighted by Crippen LogP contribution is -2.12. The number of hydrogen-bond donors (Lipinski definition) is 0. The normalized spacial score (nSPS) is 14.3. The van der Waals surface area contributed by atoms with Gasteiger partial charge in [-0.05, 0) is 34.0 Å². The van der Waals surface area contributed by atoms with Crippen molar-refractivity contribution in [3.05, 3.63) is 39.8 Å². The fraction of sp³-hybridized carbons (Fsp3) is 0.182. The number of anilines is 2. The molecule has 0 saturated heterocycles. The summed E-state index contributed by atoms with van der Waals surface area (Å²) in [5.74, 6) is 0. The molecule has 3 rings (SSSR count). The molecule has 0 radical (unpaired) electrons. The van der Waals surface area contributed by atoms with Gasteiger partial charge in [-0.25, -0.2) is 4.98 Å². The van der Waals surface area contributed by atoms with Crippen molar-refractivity contribution in [2.45, 2.75) is 6.42 Å². The molecule has 1 aliphatic heterocycles. The van der Waals surface area contributed by atoms with Crippen molar-refractivity contribution >= 4 is 38.1 Å². The largest absolute Gasteiger partial charge is 0.317 e. The van der Waals surface area contributed by atoms with Crippen LogP contribution in [0.25, 0.3) is 0 Å². The van der Waals surface area contributed by atoms with Crippen LogP contribution < -0.4 is 4.90 Å². The van der Waals surface area contributed by atoms with Gasteiger partial charge < -0.3 is 4.90 Å². The quantitative estimate of drug-likeness (QED) is 0.794. The number of thiazole rings is 1. The molecule has 2 nitrogen and oxygen atoms in total. The Bertz CT molecular complexity index is 495. The zero-order valence-electron chi connectivity index (χ0n) is 7.98. The van der Waals surface area contributed by atoms with E-state index in [0.717, 1.165) is 22.7 Å². The Labute approximate surface area is 101 Å². The van der Waals surface area contributed by atoms with Gasteiger partial charge >= 0.3 is 0 Å². The van der Waals surface area contributed by atoms with Gasteiger partial charge in [-0.15, -0.1) is 11.3 Å². The van der Waals surface area contributed by atoms with E-state index in [1.54, 1.807) is 11.3 Å². The highest BCUT2D eigenvalue weighted by molar-refractivity contribution is 9.10. The standard InChI is InChI=1S/C11H9BrN2S/c12-10-7-15-11(13-10)14-6-5-8-3-1-2-4-9(8)14/h1-4,7H,5-6H2. The fourth-order valence-corrected chi connectivity index (χ4v) is 3.20. The molecule has 0 saturated carbocycles. The molecular formula is C11H9BrN2S. The Morgan fingerprint density at radius 3 is 3.00 bits per heavy atom. The van der Waals surface area contributed by atoms with E-state index in [1.165, 1.54) is 11.3 Å². The molecule has 1 aromatic heterocycles. The molecule has 0 unspecified atom stereocenters. The molecule has 0 amide bonds. The van der Waals surface area contributed by atoms with Gasteiger partial charge in [0, 0.05) is 17.6 Å². The number of fused-ring (bicyclic) bond motifs is 1. The molecule has 0 bridgehead atoms. The van der Waals surface area contributed by atoms with Crippen molar-refractivity contribution in [1.82, 2.24) is 4.98 Å². The Balaban J connectivity index is 2.04. The lowest BCUT2D eigenvalue weighted by molar-refractivity contribution is 0.988.